The molecule has 74 valence electrons. The maximum absolute atomic E-state index is 11.4. The Hall–Kier alpha value is -0.440. The molecule has 0 aliphatic carbocycles. The third-order valence-electron chi connectivity index (χ3n) is 2.35. The van der Waals surface area contributed by atoms with Crippen LogP contribution in [0.1, 0.15) is 39.5 Å². The molecule has 13 heavy (non-hydrogen) atoms. The highest BCUT2D eigenvalue weighted by Crippen LogP contribution is 2.23. The number of hydrogen-bond acceptors (Lipinski definition) is 3. The van der Waals surface area contributed by atoms with Crippen molar-refractivity contribution in [3.63, 3.8) is 0 Å². The quantitative estimate of drug-likeness (QED) is 0.517. The van der Waals surface area contributed by atoms with Crippen molar-refractivity contribution in [1.29, 1.82) is 0 Å². The molecule has 2 unspecified atom stereocenters. The van der Waals surface area contributed by atoms with Gasteiger partial charge in [-0.25, -0.2) is 0 Å². The molecule has 1 saturated heterocycles. The average Bonchev–Trinajstić information content (AvgIpc) is 2.04. The number of carbonyl (C=O) groups is 1. The Kier molecular flexibility index (Phi) is 3.85. The van der Waals surface area contributed by atoms with Crippen molar-refractivity contribution >= 4 is 23.1 Å². The molecule has 3 heteroatoms. The maximum Gasteiger partial charge on any atom is 0.314 e. The Morgan fingerprint density at radius 2 is 2.31 bits per heavy atom. The van der Waals surface area contributed by atoms with Crippen molar-refractivity contribution in [2.75, 3.05) is 0 Å². The van der Waals surface area contributed by atoms with Crippen molar-refractivity contribution in [2.24, 2.45) is 5.92 Å². The third-order valence-corrected chi connectivity index (χ3v) is 2.84. The normalized spacial score (nSPS) is 28.3. The second-order valence-corrected chi connectivity index (χ2v) is 4.12. The number of ether oxygens (including phenoxy) is 1. The molecule has 0 aromatic carbocycles. The van der Waals surface area contributed by atoms with Gasteiger partial charge in [0.25, 0.3) is 0 Å². The number of hydrogen-bond donors (Lipinski definition) is 0. The molecule has 0 aromatic heterocycles. The van der Waals surface area contributed by atoms with Gasteiger partial charge in [0.2, 0.25) is 0 Å². The van der Waals surface area contributed by atoms with Crippen LogP contribution >= 0.6 is 12.2 Å². The van der Waals surface area contributed by atoms with Gasteiger partial charge in [0.1, 0.15) is 0 Å². The number of esters is 1. The number of carbonyl (C=O) groups excluding carboxylic acids is 1. The van der Waals surface area contributed by atoms with E-state index in [9.17, 15) is 4.79 Å². The molecule has 0 saturated carbocycles. The second kappa shape index (κ2) is 4.70. The first-order chi connectivity index (χ1) is 6.15. The molecule has 1 aliphatic rings. The topological polar surface area (TPSA) is 26.3 Å². The van der Waals surface area contributed by atoms with Crippen molar-refractivity contribution in [3.05, 3.63) is 0 Å². The van der Waals surface area contributed by atoms with Gasteiger partial charge in [-0.15, -0.1) is 0 Å². The zero-order chi connectivity index (χ0) is 9.84. The van der Waals surface area contributed by atoms with E-state index in [1.807, 2.05) is 6.92 Å². The Balaban J connectivity index is 2.51. The highest BCUT2D eigenvalue weighted by Gasteiger charge is 2.30. The van der Waals surface area contributed by atoms with Gasteiger partial charge in [-0.3, -0.25) is 4.79 Å². The van der Waals surface area contributed by atoms with Gasteiger partial charge in [0.15, 0.2) is 0 Å². The molecule has 0 spiro atoms. The summed E-state index contributed by atoms with van der Waals surface area (Å²) in [6.45, 7) is 4.00. The molecular formula is C10H16O2S. The molecule has 0 N–H and O–H groups in total. The lowest BCUT2D eigenvalue weighted by Gasteiger charge is -2.26. The second-order valence-electron chi connectivity index (χ2n) is 3.59. The smallest absolute Gasteiger partial charge is 0.314 e. The van der Waals surface area contributed by atoms with Crippen LogP contribution in [0.4, 0.5) is 0 Å². The molecule has 1 aliphatic heterocycles. The zero-order valence-corrected chi connectivity index (χ0v) is 9.02. The van der Waals surface area contributed by atoms with Crippen molar-refractivity contribution in [1.82, 2.24) is 0 Å². The van der Waals surface area contributed by atoms with Crippen LogP contribution in [-0.4, -0.2) is 16.9 Å². The van der Waals surface area contributed by atoms with E-state index < -0.39 is 0 Å². The van der Waals surface area contributed by atoms with Gasteiger partial charge in [0.05, 0.1) is 12.0 Å². The molecule has 1 heterocycles. The van der Waals surface area contributed by atoms with E-state index >= 15 is 0 Å². The Morgan fingerprint density at radius 3 is 2.85 bits per heavy atom. The first-order valence-electron chi connectivity index (χ1n) is 4.88. The van der Waals surface area contributed by atoms with E-state index in [1.165, 1.54) is 0 Å². The minimum absolute atomic E-state index is 0.0770. The number of thiocarbonyl (C=S) groups is 1. The van der Waals surface area contributed by atoms with Crippen LogP contribution in [0.3, 0.4) is 0 Å². The van der Waals surface area contributed by atoms with Crippen LogP contribution in [0.15, 0.2) is 0 Å². The lowest BCUT2D eigenvalue weighted by atomic mass is 9.93. The Morgan fingerprint density at radius 1 is 1.62 bits per heavy atom. The summed E-state index contributed by atoms with van der Waals surface area (Å²) in [7, 11) is 0. The monoisotopic (exact) mass is 200 g/mol. The predicted molar refractivity (Wildman–Crippen MR) is 55.8 cm³/mol. The standard InChI is InChI=1S/C10H16O2S/c1-3-4-9(13)8-6-5-7(2)12-10(8)11/h7-8H,3-6H2,1-2H3. The minimum Gasteiger partial charge on any atom is -0.462 e. The molecular weight excluding hydrogens is 184 g/mol. The van der Waals surface area contributed by atoms with Crippen LogP contribution in [0.25, 0.3) is 0 Å². The summed E-state index contributed by atoms with van der Waals surface area (Å²) in [5.41, 5.74) is 0. The van der Waals surface area contributed by atoms with Crippen LogP contribution in [0.2, 0.25) is 0 Å². The molecule has 2 nitrogen and oxygen atoms in total. The molecule has 2 atom stereocenters. The summed E-state index contributed by atoms with van der Waals surface area (Å²) in [6.07, 6.45) is 3.77. The number of rotatable bonds is 3. The maximum atomic E-state index is 11.4. The van der Waals surface area contributed by atoms with E-state index in [-0.39, 0.29) is 18.0 Å². The van der Waals surface area contributed by atoms with Crippen LogP contribution in [-0.2, 0) is 9.53 Å². The summed E-state index contributed by atoms with van der Waals surface area (Å²) < 4.78 is 5.14. The van der Waals surface area contributed by atoms with E-state index in [0.29, 0.717) is 0 Å². The largest absolute Gasteiger partial charge is 0.462 e. The van der Waals surface area contributed by atoms with Gasteiger partial charge >= 0.3 is 5.97 Å². The fourth-order valence-corrected chi connectivity index (χ4v) is 1.99. The molecule has 0 amide bonds. The molecule has 0 radical (unpaired) electrons. The first kappa shape index (κ1) is 10.6. The SMILES string of the molecule is CCCC(=S)C1CCC(C)OC1=O. The van der Waals surface area contributed by atoms with Crippen LogP contribution in [0, 0.1) is 5.92 Å². The number of cyclic esters (lactones) is 1. The summed E-state index contributed by atoms with van der Waals surface area (Å²) in [5, 5.41) is 0. The first-order valence-corrected chi connectivity index (χ1v) is 5.29. The summed E-state index contributed by atoms with van der Waals surface area (Å²) in [4.78, 5) is 12.3. The zero-order valence-electron chi connectivity index (χ0n) is 8.21. The van der Waals surface area contributed by atoms with E-state index in [4.69, 9.17) is 17.0 Å². The Labute approximate surface area is 84.7 Å². The fourth-order valence-electron chi connectivity index (χ4n) is 1.57. The van der Waals surface area contributed by atoms with Gasteiger partial charge in [-0.1, -0.05) is 25.6 Å². The van der Waals surface area contributed by atoms with Gasteiger partial charge in [-0.05, 0) is 26.2 Å². The van der Waals surface area contributed by atoms with E-state index in [1.54, 1.807) is 0 Å². The van der Waals surface area contributed by atoms with Crippen LogP contribution in [0.5, 0.6) is 0 Å². The van der Waals surface area contributed by atoms with Crippen molar-refractivity contribution < 1.29 is 9.53 Å². The molecule has 0 aromatic rings. The van der Waals surface area contributed by atoms with Crippen LogP contribution < -0.4 is 0 Å². The van der Waals surface area contributed by atoms with E-state index in [2.05, 4.69) is 6.92 Å². The van der Waals surface area contributed by atoms with E-state index in [0.717, 1.165) is 30.5 Å². The summed E-state index contributed by atoms with van der Waals surface area (Å²) >= 11 is 5.19. The molecule has 1 fully saturated rings. The predicted octanol–water partition coefficient (Wildman–Crippen LogP) is 2.50. The molecule has 1 rings (SSSR count). The van der Waals surface area contributed by atoms with Gasteiger partial charge in [-0.2, -0.15) is 0 Å². The average molecular weight is 200 g/mol. The third kappa shape index (κ3) is 2.76. The van der Waals surface area contributed by atoms with Gasteiger partial charge < -0.3 is 4.74 Å². The summed E-state index contributed by atoms with van der Waals surface area (Å²) in [5.74, 6) is -0.219. The highest BCUT2D eigenvalue weighted by atomic mass is 32.1. The Bertz CT molecular complexity index is 205. The fraction of sp³-hybridized carbons (Fsp3) is 0.800. The summed E-state index contributed by atoms with van der Waals surface area (Å²) in [6, 6.07) is 0. The molecule has 0 bridgehead atoms. The van der Waals surface area contributed by atoms with Gasteiger partial charge in [0, 0.05) is 4.86 Å². The lowest BCUT2D eigenvalue weighted by molar-refractivity contribution is -0.155. The van der Waals surface area contributed by atoms with Crippen molar-refractivity contribution in [2.45, 2.75) is 45.6 Å². The lowest BCUT2D eigenvalue weighted by Crippen LogP contribution is -2.33. The highest BCUT2D eigenvalue weighted by molar-refractivity contribution is 7.80. The van der Waals surface area contributed by atoms with Crippen molar-refractivity contribution in [3.8, 4) is 0 Å². The minimum atomic E-state index is -0.114.